The van der Waals surface area contributed by atoms with E-state index in [-0.39, 0.29) is 0 Å². The summed E-state index contributed by atoms with van der Waals surface area (Å²) in [5, 5.41) is 1.10. The van der Waals surface area contributed by atoms with E-state index in [4.69, 9.17) is 0 Å². The Labute approximate surface area is 81.0 Å². The van der Waals surface area contributed by atoms with Crippen LogP contribution < -0.4 is 0 Å². The fourth-order valence-corrected chi connectivity index (χ4v) is 2.62. The van der Waals surface area contributed by atoms with Crippen molar-refractivity contribution in [2.45, 2.75) is 13.3 Å². The molecule has 0 spiro atoms. The first-order valence-corrected chi connectivity index (χ1v) is 5.14. The molecular formula is C11H10OS. The minimum Gasteiger partial charge on any atom is -0.298 e. The fourth-order valence-electron chi connectivity index (χ4n) is 1.51. The molecule has 0 aliphatic rings. The van der Waals surface area contributed by atoms with Gasteiger partial charge in [0.2, 0.25) is 0 Å². The van der Waals surface area contributed by atoms with E-state index < -0.39 is 0 Å². The van der Waals surface area contributed by atoms with Crippen LogP contribution in [0.4, 0.5) is 0 Å². The third-order valence-electron chi connectivity index (χ3n) is 2.15. The number of hydrogen-bond acceptors (Lipinski definition) is 2. The summed E-state index contributed by atoms with van der Waals surface area (Å²) in [6.45, 7) is 2.08. The Morgan fingerprint density at radius 1 is 1.38 bits per heavy atom. The van der Waals surface area contributed by atoms with E-state index in [1.807, 2.05) is 18.2 Å². The number of aldehydes is 1. The van der Waals surface area contributed by atoms with Gasteiger partial charge in [-0.2, -0.15) is 0 Å². The number of carbonyl (C=O) groups is 1. The molecule has 66 valence electrons. The summed E-state index contributed by atoms with van der Waals surface area (Å²) < 4.78 is 1.21. The van der Waals surface area contributed by atoms with E-state index in [0.29, 0.717) is 0 Å². The van der Waals surface area contributed by atoms with E-state index in [9.17, 15) is 4.79 Å². The number of carbonyl (C=O) groups excluding carboxylic acids is 1. The second-order valence-electron chi connectivity index (χ2n) is 2.91. The van der Waals surface area contributed by atoms with Gasteiger partial charge in [0.1, 0.15) is 0 Å². The van der Waals surface area contributed by atoms with Gasteiger partial charge in [0.05, 0.1) is 0 Å². The van der Waals surface area contributed by atoms with Crippen LogP contribution in [-0.4, -0.2) is 6.29 Å². The topological polar surface area (TPSA) is 17.1 Å². The monoisotopic (exact) mass is 190 g/mol. The second-order valence-corrected chi connectivity index (χ2v) is 4.04. The van der Waals surface area contributed by atoms with Crippen molar-refractivity contribution in [1.29, 1.82) is 0 Å². The van der Waals surface area contributed by atoms with Crippen LogP contribution in [0.15, 0.2) is 24.3 Å². The minimum absolute atomic E-state index is 0.878. The van der Waals surface area contributed by atoms with Gasteiger partial charge in [0.15, 0.2) is 6.29 Å². The van der Waals surface area contributed by atoms with E-state index in [0.717, 1.165) is 23.7 Å². The van der Waals surface area contributed by atoms with Gasteiger partial charge in [-0.15, -0.1) is 11.3 Å². The molecular weight excluding hydrogens is 180 g/mol. The third kappa shape index (κ3) is 1.27. The molecule has 0 aliphatic carbocycles. The highest BCUT2D eigenvalue weighted by atomic mass is 32.1. The first-order chi connectivity index (χ1) is 6.36. The Hall–Kier alpha value is -1.15. The van der Waals surface area contributed by atoms with Crippen LogP contribution in [-0.2, 0) is 6.42 Å². The van der Waals surface area contributed by atoms with Crippen LogP contribution in [0, 0.1) is 0 Å². The summed E-state index contributed by atoms with van der Waals surface area (Å²) in [4.78, 5) is 12.1. The molecule has 13 heavy (non-hydrogen) atoms. The molecule has 0 aliphatic heterocycles. The Morgan fingerprint density at radius 2 is 2.15 bits per heavy atom. The number of hydrogen-bond donors (Lipinski definition) is 0. The molecule has 0 unspecified atom stereocenters. The summed E-state index contributed by atoms with van der Waals surface area (Å²) in [7, 11) is 0. The maximum absolute atomic E-state index is 10.9. The minimum atomic E-state index is 0.878. The smallest absolute Gasteiger partial charge is 0.151 e. The SMILES string of the molecule is CCc1sc2ccccc2c1C=O. The highest BCUT2D eigenvalue weighted by Crippen LogP contribution is 2.30. The number of aryl methyl sites for hydroxylation is 1. The van der Waals surface area contributed by atoms with Gasteiger partial charge in [-0.1, -0.05) is 25.1 Å². The molecule has 2 rings (SSSR count). The molecule has 0 saturated carbocycles. The second kappa shape index (κ2) is 3.30. The Morgan fingerprint density at radius 3 is 2.85 bits per heavy atom. The van der Waals surface area contributed by atoms with Crippen LogP contribution in [0.3, 0.4) is 0 Å². The van der Waals surface area contributed by atoms with Gasteiger partial charge in [-0.05, 0) is 12.5 Å². The van der Waals surface area contributed by atoms with Crippen molar-refractivity contribution in [1.82, 2.24) is 0 Å². The van der Waals surface area contributed by atoms with Gasteiger partial charge >= 0.3 is 0 Å². The molecule has 1 aromatic heterocycles. The maximum Gasteiger partial charge on any atom is 0.151 e. The molecule has 2 heteroatoms. The fraction of sp³-hybridized carbons (Fsp3) is 0.182. The van der Waals surface area contributed by atoms with Gasteiger partial charge in [0.25, 0.3) is 0 Å². The average molecular weight is 190 g/mol. The molecule has 0 amide bonds. The first kappa shape index (κ1) is 8.45. The van der Waals surface area contributed by atoms with Crippen molar-refractivity contribution in [2.75, 3.05) is 0 Å². The Kier molecular flexibility index (Phi) is 2.15. The maximum atomic E-state index is 10.9. The standard InChI is InChI=1S/C11H10OS/c1-2-10-9(7-12)8-5-3-4-6-11(8)13-10/h3-7H,2H2,1H3. The van der Waals surface area contributed by atoms with Crippen LogP contribution in [0.25, 0.3) is 10.1 Å². The van der Waals surface area contributed by atoms with Crippen molar-refractivity contribution in [3.63, 3.8) is 0 Å². The number of benzene rings is 1. The highest BCUT2D eigenvalue weighted by Gasteiger charge is 2.08. The lowest BCUT2D eigenvalue weighted by atomic mass is 10.1. The molecule has 1 heterocycles. The Bertz CT molecular complexity index is 442. The molecule has 1 aromatic carbocycles. The molecule has 0 radical (unpaired) electrons. The van der Waals surface area contributed by atoms with Crippen LogP contribution in [0.1, 0.15) is 22.2 Å². The van der Waals surface area contributed by atoms with Gasteiger partial charge in [-0.3, -0.25) is 4.79 Å². The molecule has 0 N–H and O–H groups in total. The van der Waals surface area contributed by atoms with Crippen molar-refractivity contribution in [2.24, 2.45) is 0 Å². The summed E-state index contributed by atoms with van der Waals surface area (Å²) >= 11 is 1.72. The van der Waals surface area contributed by atoms with Crippen LogP contribution in [0.2, 0.25) is 0 Å². The zero-order valence-corrected chi connectivity index (χ0v) is 8.23. The lowest BCUT2D eigenvalue weighted by Crippen LogP contribution is -1.82. The molecule has 1 nitrogen and oxygen atoms in total. The molecule has 0 fully saturated rings. The van der Waals surface area contributed by atoms with E-state index >= 15 is 0 Å². The average Bonchev–Trinajstić information content (AvgIpc) is 2.55. The van der Waals surface area contributed by atoms with Crippen molar-refractivity contribution >= 4 is 27.7 Å². The summed E-state index contributed by atoms with van der Waals surface area (Å²) in [6, 6.07) is 8.05. The Balaban J connectivity index is 2.81. The lowest BCUT2D eigenvalue weighted by molar-refractivity contribution is 0.112. The number of rotatable bonds is 2. The van der Waals surface area contributed by atoms with Crippen LogP contribution >= 0.6 is 11.3 Å². The normalized spacial score (nSPS) is 10.5. The highest BCUT2D eigenvalue weighted by molar-refractivity contribution is 7.19. The summed E-state index contributed by atoms with van der Waals surface area (Å²) in [6.07, 6.45) is 1.91. The quantitative estimate of drug-likeness (QED) is 0.664. The molecule has 0 bridgehead atoms. The van der Waals surface area contributed by atoms with E-state index in [2.05, 4.69) is 13.0 Å². The van der Waals surface area contributed by atoms with Gasteiger partial charge < -0.3 is 0 Å². The zero-order valence-electron chi connectivity index (χ0n) is 7.41. The predicted octanol–water partition coefficient (Wildman–Crippen LogP) is 3.28. The zero-order chi connectivity index (χ0) is 9.26. The van der Waals surface area contributed by atoms with Crippen molar-refractivity contribution in [3.8, 4) is 0 Å². The number of fused-ring (bicyclic) bond motifs is 1. The molecule has 0 atom stereocenters. The van der Waals surface area contributed by atoms with Crippen LogP contribution in [0.5, 0.6) is 0 Å². The van der Waals surface area contributed by atoms with E-state index in [1.165, 1.54) is 9.58 Å². The van der Waals surface area contributed by atoms with E-state index in [1.54, 1.807) is 11.3 Å². The molecule has 2 aromatic rings. The largest absolute Gasteiger partial charge is 0.298 e. The first-order valence-electron chi connectivity index (χ1n) is 4.32. The third-order valence-corrected chi connectivity index (χ3v) is 3.48. The van der Waals surface area contributed by atoms with Crippen molar-refractivity contribution in [3.05, 3.63) is 34.7 Å². The van der Waals surface area contributed by atoms with Gasteiger partial charge in [-0.25, -0.2) is 0 Å². The lowest BCUT2D eigenvalue weighted by Gasteiger charge is -1.90. The predicted molar refractivity (Wildman–Crippen MR) is 56.6 cm³/mol. The number of thiophene rings is 1. The summed E-state index contributed by atoms with van der Waals surface area (Å²) in [5.74, 6) is 0. The van der Waals surface area contributed by atoms with Crippen molar-refractivity contribution < 1.29 is 4.79 Å². The molecule has 0 saturated heterocycles. The van der Waals surface area contributed by atoms with Gasteiger partial charge in [0, 0.05) is 20.5 Å². The summed E-state index contributed by atoms with van der Waals surface area (Å²) in [5.41, 5.74) is 0.878.